The summed E-state index contributed by atoms with van der Waals surface area (Å²) in [7, 11) is 0. The van der Waals surface area contributed by atoms with Gasteiger partial charge in [0.15, 0.2) is 0 Å². The van der Waals surface area contributed by atoms with Crippen LogP contribution in [-0.4, -0.2) is 88.9 Å². The molecule has 0 aromatic carbocycles. The molecule has 0 saturated carbocycles. The van der Waals surface area contributed by atoms with Crippen LogP contribution in [0.3, 0.4) is 0 Å². The Morgan fingerprint density at radius 2 is 1.33 bits per heavy atom. The summed E-state index contributed by atoms with van der Waals surface area (Å²) in [5.41, 5.74) is 5.92. The number of carboxylic acids is 2. The van der Waals surface area contributed by atoms with Crippen LogP contribution in [0.15, 0.2) is 0 Å². The Bertz CT molecular complexity index is 895. The molecule has 0 spiro atoms. The van der Waals surface area contributed by atoms with Crippen molar-refractivity contribution >= 4 is 41.5 Å². The summed E-state index contributed by atoms with van der Waals surface area (Å²) < 4.78 is 0. The molecule has 0 bridgehead atoms. The van der Waals surface area contributed by atoms with Crippen LogP contribution in [0.1, 0.15) is 60.3 Å². The van der Waals surface area contributed by atoms with Crippen molar-refractivity contribution in [1.82, 2.24) is 26.6 Å². The summed E-state index contributed by atoms with van der Waals surface area (Å²) in [4.78, 5) is 83.7. The Morgan fingerprint density at radius 3 is 1.85 bits per heavy atom. The lowest BCUT2D eigenvalue weighted by Gasteiger charge is -2.26. The molecule has 15 nitrogen and oxygen atoms in total. The molecular formula is C24H42N6O9. The van der Waals surface area contributed by atoms with Gasteiger partial charge in [0.1, 0.15) is 24.7 Å². The van der Waals surface area contributed by atoms with Gasteiger partial charge in [0.05, 0.1) is 12.6 Å². The molecule has 15 heteroatoms. The summed E-state index contributed by atoms with van der Waals surface area (Å²) >= 11 is 0. The average Bonchev–Trinajstić information content (AvgIpc) is 2.85. The van der Waals surface area contributed by atoms with Gasteiger partial charge in [-0.1, -0.05) is 34.1 Å². The van der Waals surface area contributed by atoms with Crippen molar-refractivity contribution < 1.29 is 43.8 Å². The highest BCUT2D eigenvalue weighted by Crippen LogP contribution is 2.10. The van der Waals surface area contributed by atoms with Gasteiger partial charge >= 0.3 is 11.9 Å². The van der Waals surface area contributed by atoms with Crippen molar-refractivity contribution in [2.45, 2.75) is 84.5 Å². The van der Waals surface area contributed by atoms with E-state index in [1.807, 2.05) is 20.8 Å². The summed E-state index contributed by atoms with van der Waals surface area (Å²) in [5, 5.41) is 29.3. The molecule has 0 heterocycles. The molecule has 0 aliphatic rings. The number of nitrogens with two attached hydrogens (primary N) is 1. The van der Waals surface area contributed by atoms with Crippen molar-refractivity contribution in [2.24, 2.45) is 17.6 Å². The number of carboxylic acid groups (broad SMARTS) is 2. The standard InChI is InChI=1S/C24H42N6O9/c1-6-13(4)20(30-22(37)15(25)9-12(2)3)24(39)28-14(5)21(36)26-10-17(31)29-16(7-8-18(32)33)23(38)27-11-19(34)35/h12-16,20H,6-11,25H2,1-5H3,(H,26,36)(H,27,38)(H,28,39)(H,29,31)(H,30,37)(H,32,33)(H,34,35)/t13-,14-,15-,16-,20-/m0/s1. The largest absolute Gasteiger partial charge is 0.481 e. The fourth-order valence-corrected chi connectivity index (χ4v) is 3.33. The van der Waals surface area contributed by atoms with Crippen LogP contribution in [0.5, 0.6) is 0 Å². The third-order valence-corrected chi connectivity index (χ3v) is 5.74. The third-order valence-electron chi connectivity index (χ3n) is 5.74. The minimum Gasteiger partial charge on any atom is -0.481 e. The van der Waals surface area contributed by atoms with Crippen molar-refractivity contribution in [3.8, 4) is 0 Å². The topological polar surface area (TPSA) is 246 Å². The molecule has 0 aromatic heterocycles. The van der Waals surface area contributed by atoms with Crippen molar-refractivity contribution in [3.63, 3.8) is 0 Å². The summed E-state index contributed by atoms with van der Waals surface area (Å²) in [6.07, 6.45) is 0.204. The first kappa shape index (κ1) is 35.2. The Labute approximate surface area is 227 Å². The van der Waals surface area contributed by atoms with Crippen molar-refractivity contribution in [1.29, 1.82) is 0 Å². The van der Waals surface area contributed by atoms with Gasteiger partial charge in [-0.2, -0.15) is 0 Å². The number of carbonyl (C=O) groups is 7. The lowest BCUT2D eigenvalue weighted by Crippen LogP contribution is -2.57. The second kappa shape index (κ2) is 17.7. The number of rotatable bonds is 18. The summed E-state index contributed by atoms with van der Waals surface area (Å²) in [6, 6.07) is -4.18. The number of aliphatic carboxylic acids is 2. The molecule has 9 N–H and O–H groups in total. The molecule has 39 heavy (non-hydrogen) atoms. The molecule has 0 aliphatic heterocycles. The van der Waals surface area contributed by atoms with Gasteiger partial charge in [-0.05, 0) is 31.6 Å². The van der Waals surface area contributed by atoms with E-state index in [9.17, 15) is 33.6 Å². The van der Waals surface area contributed by atoms with Crippen molar-refractivity contribution in [2.75, 3.05) is 13.1 Å². The highest BCUT2D eigenvalue weighted by molar-refractivity contribution is 5.95. The maximum absolute atomic E-state index is 12.9. The first-order valence-corrected chi connectivity index (χ1v) is 12.7. The molecule has 0 saturated heterocycles. The second-order valence-electron chi connectivity index (χ2n) is 9.72. The monoisotopic (exact) mass is 558 g/mol. The van der Waals surface area contributed by atoms with Gasteiger partial charge < -0.3 is 42.5 Å². The van der Waals surface area contributed by atoms with E-state index in [2.05, 4.69) is 26.6 Å². The zero-order valence-electron chi connectivity index (χ0n) is 23.0. The number of amides is 5. The zero-order valence-corrected chi connectivity index (χ0v) is 23.0. The molecule has 0 aliphatic carbocycles. The van der Waals surface area contributed by atoms with E-state index >= 15 is 0 Å². The quantitative estimate of drug-likeness (QED) is 0.0924. The second-order valence-corrected chi connectivity index (χ2v) is 9.72. The van der Waals surface area contributed by atoms with Crippen LogP contribution in [0.4, 0.5) is 0 Å². The molecule has 0 radical (unpaired) electrons. The van der Waals surface area contributed by atoms with Gasteiger partial charge in [-0.25, -0.2) is 0 Å². The number of nitrogens with one attached hydrogen (secondary N) is 5. The fourth-order valence-electron chi connectivity index (χ4n) is 3.33. The molecule has 0 fully saturated rings. The predicted octanol–water partition coefficient (Wildman–Crippen LogP) is -1.94. The maximum atomic E-state index is 12.9. The minimum absolute atomic E-state index is 0.175. The first-order chi connectivity index (χ1) is 18.1. The Kier molecular flexibility index (Phi) is 16.0. The van der Waals surface area contributed by atoms with E-state index in [-0.39, 0.29) is 18.3 Å². The smallest absolute Gasteiger partial charge is 0.322 e. The molecule has 0 aromatic rings. The lowest BCUT2D eigenvalue weighted by molar-refractivity contribution is -0.140. The first-order valence-electron chi connectivity index (χ1n) is 12.7. The summed E-state index contributed by atoms with van der Waals surface area (Å²) in [6.45, 7) is 7.47. The van der Waals surface area contributed by atoms with Gasteiger partial charge in [0.25, 0.3) is 0 Å². The highest BCUT2D eigenvalue weighted by Gasteiger charge is 2.30. The van der Waals surface area contributed by atoms with Gasteiger partial charge in [0, 0.05) is 6.42 Å². The van der Waals surface area contributed by atoms with Crippen LogP contribution in [0.25, 0.3) is 0 Å². The Balaban J connectivity index is 5.06. The van der Waals surface area contributed by atoms with Crippen LogP contribution in [0, 0.1) is 11.8 Å². The van der Waals surface area contributed by atoms with Crippen LogP contribution < -0.4 is 32.3 Å². The SMILES string of the molecule is CC[C@H](C)[C@H](NC(=O)[C@@H](N)CC(C)C)C(=O)N[C@@H](C)C(=O)NCC(=O)N[C@@H](CCC(=O)O)C(=O)NCC(=O)O. The number of hydrogen-bond donors (Lipinski definition) is 8. The summed E-state index contributed by atoms with van der Waals surface area (Å²) in [5.74, 6) is -6.22. The lowest BCUT2D eigenvalue weighted by atomic mass is 9.96. The molecule has 0 unspecified atom stereocenters. The van der Waals surface area contributed by atoms with E-state index in [1.54, 1.807) is 6.92 Å². The number of hydrogen-bond acceptors (Lipinski definition) is 8. The Hall–Kier alpha value is -3.75. The fraction of sp³-hybridized carbons (Fsp3) is 0.708. The molecule has 5 atom stereocenters. The van der Waals surface area contributed by atoms with Crippen LogP contribution >= 0.6 is 0 Å². The van der Waals surface area contributed by atoms with E-state index in [1.165, 1.54) is 6.92 Å². The van der Waals surface area contributed by atoms with E-state index in [0.29, 0.717) is 12.8 Å². The van der Waals surface area contributed by atoms with Gasteiger partial charge in [-0.15, -0.1) is 0 Å². The van der Waals surface area contributed by atoms with Gasteiger partial charge in [0.2, 0.25) is 29.5 Å². The molecular weight excluding hydrogens is 516 g/mol. The van der Waals surface area contributed by atoms with Crippen LogP contribution in [-0.2, 0) is 33.6 Å². The molecule has 0 rings (SSSR count). The average molecular weight is 559 g/mol. The maximum Gasteiger partial charge on any atom is 0.322 e. The molecule has 222 valence electrons. The van der Waals surface area contributed by atoms with Crippen LogP contribution in [0.2, 0.25) is 0 Å². The normalized spacial score (nSPS) is 14.6. The molecule has 5 amide bonds. The zero-order chi connectivity index (χ0) is 30.3. The Morgan fingerprint density at radius 1 is 0.744 bits per heavy atom. The van der Waals surface area contributed by atoms with E-state index in [0.717, 1.165) is 0 Å². The third kappa shape index (κ3) is 14.7. The number of carbonyl (C=O) groups excluding carboxylic acids is 5. The minimum atomic E-state index is -1.34. The van der Waals surface area contributed by atoms with Gasteiger partial charge in [-0.3, -0.25) is 33.6 Å². The highest BCUT2D eigenvalue weighted by atomic mass is 16.4. The predicted molar refractivity (Wildman–Crippen MR) is 139 cm³/mol. The van der Waals surface area contributed by atoms with E-state index in [4.69, 9.17) is 15.9 Å². The van der Waals surface area contributed by atoms with E-state index < -0.39 is 85.2 Å². The van der Waals surface area contributed by atoms with Crippen molar-refractivity contribution in [3.05, 3.63) is 0 Å².